The summed E-state index contributed by atoms with van der Waals surface area (Å²) in [5, 5.41) is 14.6. The highest BCUT2D eigenvalue weighted by atomic mass is 35.5. The van der Waals surface area contributed by atoms with Crippen LogP contribution in [0, 0.1) is 24.1 Å². The number of anilines is 2. The Labute approximate surface area is 258 Å². The largest absolute Gasteiger partial charge is 0.476 e. The van der Waals surface area contributed by atoms with Crippen molar-refractivity contribution in [3.63, 3.8) is 0 Å². The van der Waals surface area contributed by atoms with Gasteiger partial charge in [0.2, 0.25) is 0 Å². The number of carbonyl (C=O) groups excluding carboxylic acids is 2. The first kappa shape index (κ1) is 30.5. The molecule has 44 heavy (non-hydrogen) atoms. The van der Waals surface area contributed by atoms with Crippen molar-refractivity contribution in [2.24, 2.45) is 5.73 Å². The Bertz CT molecular complexity index is 1750. The predicted octanol–water partition coefficient (Wildman–Crippen LogP) is 3.96. The molecule has 0 saturated carbocycles. The van der Waals surface area contributed by atoms with Crippen LogP contribution in [0.3, 0.4) is 0 Å². The molecule has 0 spiro atoms. The molecule has 2 aromatic heterocycles. The number of hydrogen-bond donors (Lipinski definition) is 3. The highest BCUT2D eigenvalue weighted by Gasteiger charge is 2.26. The van der Waals surface area contributed by atoms with Crippen LogP contribution in [0.1, 0.15) is 22.8 Å². The van der Waals surface area contributed by atoms with Gasteiger partial charge in [-0.25, -0.2) is 19.2 Å². The zero-order valence-corrected chi connectivity index (χ0v) is 24.9. The lowest BCUT2D eigenvalue weighted by molar-refractivity contribution is 0.0664. The fraction of sp³-hybridized carbons (Fsp3) is 0.300. The summed E-state index contributed by atoms with van der Waals surface area (Å²) in [6.07, 6.45) is 4.83. The van der Waals surface area contributed by atoms with Crippen LogP contribution in [0.15, 0.2) is 48.9 Å². The number of piperazine rings is 1. The van der Waals surface area contributed by atoms with Crippen LogP contribution in [0.5, 0.6) is 5.75 Å². The third-order valence-electron chi connectivity index (χ3n) is 7.19. The zero-order chi connectivity index (χ0) is 31.4. The normalized spacial score (nSPS) is 13.8. The predicted molar refractivity (Wildman–Crippen MR) is 163 cm³/mol. The van der Waals surface area contributed by atoms with Crippen molar-refractivity contribution >= 4 is 40.7 Å². The van der Waals surface area contributed by atoms with E-state index in [0.29, 0.717) is 66.7 Å². The Morgan fingerprint density at radius 3 is 2.64 bits per heavy atom. The van der Waals surface area contributed by atoms with Gasteiger partial charge in [-0.3, -0.25) is 9.20 Å². The number of aryl methyl sites for hydroxylation is 1. The number of carbonyl (C=O) groups is 2. The number of nitrogens with zero attached hydrogens (tertiary/aromatic N) is 6. The monoisotopic (exact) mass is 619 g/mol. The molecule has 0 unspecified atom stereocenters. The van der Waals surface area contributed by atoms with E-state index in [0.717, 1.165) is 5.56 Å². The van der Waals surface area contributed by atoms with Gasteiger partial charge in [0.15, 0.2) is 29.6 Å². The van der Waals surface area contributed by atoms with Crippen LogP contribution in [0.4, 0.5) is 20.7 Å². The molecule has 2 aromatic carbocycles. The van der Waals surface area contributed by atoms with E-state index in [1.54, 1.807) is 57.1 Å². The highest BCUT2D eigenvalue weighted by molar-refractivity contribution is 6.33. The molecule has 0 radical (unpaired) electrons. The number of nitriles is 1. The quantitative estimate of drug-likeness (QED) is 0.268. The number of halogens is 2. The molecule has 228 valence electrons. The number of ether oxygens (including phenoxy) is 1. The van der Waals surface area contributed by atoms with E-state index in [2.05, 4.69) is 20.6 Å². The summed E-state index contributed by atoms with van der Waals surface area (Å²) in [6, 6.07) is 9.91. The molecule has 1 aliphatic heterocycles. The first-order valence-electron chi connectivity index (χ1n) is 13.9. The molecule has 1 aliphatic rings. The minimum Gasteiger partial charge on any atom is -0.476 e. The van der Waals surface area contributed by atoms with E-state index >= 15 is 0 Å². The van der Waals surface area contributed by atoms with Crippen LogP contribution in [-0.4, -0.2) is 81.5 Å². The molecular formula is C30H31ClFN9O3. The van der Waals surface area contributed by atoms with Gasteiger partial charge in [-0.15, -0.1) is 0 Å². The van der Waals surface area contributed by atoms with Crippen LogP contribution in [0.25, 0.3) is 16.9 Å². The first-order chi connectivity index (χ1) is 21.2. The van der Waals surface area contributed by atoms with E-state index in [9.17, 15) is 14.0 Å². The molecule has 0 bridgehead atoms. The lowest BCUT2D eigenvalue weighted by Gasteiger charge is -2.35. The average Bonchev–Trinajstić information content (AvgIpc) is 3.45. The number of benzene rings is 2. The maximum Gasteiger partial charge on any atom is 0.317 e. The number of urea groups is 1. The number of fused-ring (bicyclic) bond motifs is 1. The molecule has 4 aromatic rings. The van der Waals surface area contributed by atoms with Gasteiger partial charge in [0.05, 0.1) is 16.9 Å². The Morgan fingerprint density at radius 1 is 1.18 bits per heavy atom. The first-order valence-corrected chi connectivity index (χ1v) is 14.3. The molecule has 14 heteroatoms. The minimum absolute atomic E-state index is 0.101. The molecule has 1 saturated heterocycles. The van der Waals surface area contributed by atoms with Crippen molar-refractivity contribution in [2.45, 2.75) is 19.9 Å². The number of rotatable bonds is 8. The van der Waals surface area contributed by atoms with Gasteiger partial charge < -0.3 is 30.9 Å². The second kappa shape index (κ2) is 13.2. The fourth-order valence-electron chi connectivity index (χ4n) is 4.92. The zero-order valence-electron chi connectivity index (χ0n) is 24.2. The summed E-state index contributed by atoms with van der Waals surface area (Å²) in [5.74, 6) is -0.535. The highest BCUT2D eigenvalue weighted by Crippen LogP contribution is 2.36. The molecule has 0 aliphatic carbocycles. The second-order valence-corrected chi connectivity index (χ2v) is 10.8. The maximum atomic E-state index is 14.8. The van der Waals surface area contributed by atoms with E-state index in [1.807, 2.05) is 19.9 Å². The van der Waals surface area contributed by atoms with Gasteiger partial charge in [-0.05, 0) is 49.7 Å². The van der Waals surface area contributed by atoms with Crippen molar-refractivity contribution in [1.29, 1.82) is 5.26 Å². The van der Waals surface area contributed by atoms with Gasteiger partial charge in [0.1, 0.15) is 6.07 Å². The molecule has 12 nitrogen and oxygen atoms in total. The summed E-state index contributed by atoms with van der Waals surface area (Å²) in [4.78, 5) is 38.0. The summed E-state index contributed by atoms with van der Waals surface area (Å²) >= 11 is 6.33. The van der Waals surface area contributed by atoms with Gasteiger partial charge in [-0.2, -0.15) is 5.26 Å². The standard InChI is InChI=1S/C30H31ClFN9O3/c1-18-15-20(3-4-21(18)29(42)39-10-12-40(13-11-39)30(43)37-16-19(2)34)38-27-28-36-17-23(41(28)9-8-35-27)22-5-6-24(44-14-7-33)26(32)25(22)31/h3-6,8-9,15,17,19H,10-14,16,34H2,1-2H3,(H,35,38)(H,37,43)/t19-/m1/s1. The van der Waals surface area contributed by atoms with Crippen LogP contribution in [0.2, 0.25) is 5.02 Å². The summed E-state index contributed by atoms with van der Waals surface area (Å²) < 4.78 is 21.7. The number of amides is 3. The lowest BCUT2D eigenvalue weighted by Crippen LogP contribution is -2.54. The third kappa shape index (κ3) is 6.36. The van der Waals surface area contributed by atoms with Crippen molar-refractivity contribution in [3.8, 4) is 23.1 Å². The van der Waals surface area contributed by atoms with Gasteiger partial charge >= 0.3 is 6.03 Å². The number of aromatic nitrogens is 3. The van der Waals surface area contributed by atoms with Crippen molar-refractivity contribution in [1.82, 2.24) is 29.5 Å². The molecule has 3 heterocycles. The van der Waals surface area contributed by atoms with E-state index in [-0.39, 0.29) is 35.4 Å². The molecule has 3 amide bonds. The molecule has 1 atom stereocenters. The fourth-order valence-corrected chi connectivity index (χ4v) is 5.17. The van der Waals surface area contributed by atoms with E-state index < -0.39 is 5.82 Å². The van der Waals surface area contributed by atoms with Gasteiger partial charge in [-0.1, -0.05) is 11.6 Å². The summed E-state index contributed by atoms with van der Waals surface area (Å²) in [5.41, 5.74) is 9.15. The molecule has 5 rings (SSSR count). The van der Waals surface area contributed by atoms with E-state index in [1.165, 1.54) is 6.07 Å². The SMILES string of the molecule is Cc1cc(Nc2nccn3c(-c4ccc(OCC#N)c(F)c4Cl)cnc23)ccc1C(=O)N1CCN(C(=O)NC[C@@H](C)N)CC1. The molecule has 4 N–H and O–H groups in total. The number of imidazole rings is 1. The number of nitrogens with one attached hydrogen (secondary N) is 2. The van der Waals surface area contributed by atoms with Crippen molar-refractivity contribution < 1.29 is 18.7 Å². The number of nitrogens with two attached hydrogens (primary N) is 1. The smallest absolute Gasteiger partial charge is 0.317 e. The Morgan fingerprint density at radius 2 is 1.93 bits per heavy atom. The van der Waals surface area contributed by atoms with Gasteiger partial charge in [0.25, 0.3) is 5.91 Å². The lowest BCUT2D eigenvalue weighted by atomic mass is 10.1. The Kier molecular flexibility index (Phi) is 9.12. The van der Waals surface area contributed by atoms with E-state index in [4.69, 9.17) is 27.3 Å². The molecular weight excluding hydrogens is 589 g/mol. The third-order valence-corrected chi connectivity index (χ3v) is 7.56. The van der Waals surface area contributed by atoms with Crippen LogP contribution >= 0.6 is 11.6 Å². The van der Waals surface area contributed by atoms with Crippen molar-refractivity contribution in [3.05, 3.63) is 70.9 Å². The number of hydrogen-bond acceptors (Lipinski definition) is 8. The summed E-state index contributed by atoms with van der Waals surface area (Å²) in [7, 11) is 0. The minimum atomic E-state index is -0.767. The maximum absolute atomic E-state index is 14.8. The average molecular weight is 620 g/mol. The van der Waals surface area contributed by atoms with Crippen molar-refractivity contribution in [2.75, 3.05) is 44.6 Å². The van der Waals surface area contributed by atoms with Crippen LogP contribution in [-0.2, 0) is 0 Å². The molecule has 1 fully saturated rings. The Balaban J connectivity index is 1.29. The Hall–Kier alpha value is -4.93. The second-order valence-electron chi connectivity index (χ2n) is 10.4. The van der Waals surface area contributed by atoms with Gasteiger partial charge in [0, 0.05) is 68.0 Å². The topological polar surface area (TPSA) is 154 Å². The van der Waals surface area contributed by atoms with Crippen LogP contribution < -0.4 is 21.1 Å². The summed E-state index contributed by atoms with van der Waals surface area (Å²) in [6.45, 7) is 5.52.